The minimum Gasteiger partial charge on any atom is -0.490 e. The van der Waals surface area contributed by atoms with Crippen LogP contribution in [0, 0.1) is 6.92 Å². The van der Waals surface area contributed by atoms with Crippen molar-refractivity contribution >= 4 is 23.3 Å². The number of ether oxygens (including phenoxy) is 3. The molecule has 3 aromatic carbocycles. The number of methoxy groups -OCH3 is 1. The van der Waals surface area contributed by atoms with Crippen LogP contribution >= 0.6 is 0 Å². The maximum atomic E-state index is 12.6. The molecule has 0 aliphatic heterocycles. The molecule has 0 aromatic heterocycles. The Hall–Kier alpha value is -3.80. The van der Waals surface area contributed by atoms with E-state index in [1.54, 1.807) is 36.4 Å². The maximum absolute atomic E-state index is 12.6. The predicted octanol–water partition coefficient (Wildman–Crippen LogP) is 7.75. The van der Waals surface area contributed by atoms with Crippen LogP contribution in [0.4, 0.5) is 11.4 Å². The minimum atomic E-state index is -0.494. The Bertz CT molecular complexity index is 1200. The molecule has 1 fully saturated rings. The van der Waals surface area contributed by atoms with Gasteiger partial charge in [0.05, 0.1) is 24.5 Å². The van der Waals surface area contributed by atoms with Gasteiger partial charge in [0.1, 0.15) is 17.2 Å². The quantitative estimate of drug-likeness (QED) is 0.310. The Morgan fingerprint density at radius 2 is 1.35 bits per heavy atom. The van der Waals surface area contributed by atoms with E-state index in [1.165, 1.54) is 51.0 Å². The zero-order valence-electron chi connectivity index (χ0n) is 21.9. The molecule has 6 heteroatoms. The summed E-state index contributed by atoms with van der Waals surface area (Å²) in [6.07, 6.45) is 8.93. The van der Waals surface area contributed by atoms with Crippen molar-refractivity contribution in [2.75, 3.05) is 12.0 Å². The van der Waals surface area contributed by atoms with Crippen molar-refractivity contribution < 1.29 is 23.8 Å². The Labute approximate surface area is 219 Å². The topological polar surface area (TPSA) is 65.1 Å². The summed E-state index contributed by atoms with van der Waals surface area (Å²) in [5, 5.41) is 0. The lowest BCUT2D eigenvalue weighted by atomic mass is 9.98. The van der Waals surface area contributed by atoms with E-state index < -0.39 is 5.97 Å². The Kier molecular flexibility index (Phi) is 8.83. The number of rotatable bonds is 7. The van der Waals surface area contributed by atoms with E-state index in [1.807, 2.05) is 37.3 Å². The van der Waals surface area contributed by atoms with Crippen molar-refractivity contribution in [3.63, 3.8) is 0 Å². The molecular weight excluding hydrogens is 466 g/mol. The van der Waals surface area contributed by atoms with Crippen molar-refractivity contribution in [2.24, 2.45) is 0 Å². The highest BCUT2D eigenvalue weighted by molar-refractivity contribution is 6.06. The van der Waals surface area contributed by atoms with Crippen LogP contribution in [0.1, 0.15) is 67.8 Å². The fourth-order valence-corrected chi connectivity index (χ4v) is 4.72. The molecule has 0 unspecified atom stereocenters. The SMILES string of the molecule is COC(=O)c1cc(C)ccc1N(C(C)=O)c1ccc(Oc2ccc(OC3CCCCCCC3)cc2)cc1. The Morgan fingerprint density at radius 1 is 0.784 bits per heavy atom. The molecule has 6 nitrogen and oxygen atoms in total. The molecule has 0 N–H and O–H groups in total. The molecule has 0 atom stereocenters. The monoisotopic (exact) mass is 501 g/mol. The molecule has 0 spiro atoms. The maximum Gasteiger partial charge on any atom is 0.340 e. The van der Waals surface area contributed by atoms with Crippen molar-refractivity contribution in [2.45, 2.75) is 64.9 Å². The predicted molar refractivity (Wildman–Crippen MR) is 145 cm³/mol. The van der Waals surface area contributed by atoms with Crippen molar-refractivity contribution in [1.82, 2.24) is 0 Å². The van der Waals surface area contributed by atoms with Crippen LogP contribution < -0.4 is 14.4 Å². The fraction of sp³-hybridized carbons (Fsp3) is 0.355. The summed E-state index contributed by atoms with van der Waals surface area (Å²) in [7, 11) is 1.33. The molecule has 194 valence electrons. The normalized spacial score (nSPS) is 14.2. The second-order valence-corrected chi connectivity index (χ2v) is 9.52. The lowest BCUT2D eigenvalue weighted by Gasteiger charge is -2.24. The lowest BCUT2D eigenvalue weighted by molar-refractivity contribution is -0.115. The average Bonchev–Trinajstić information content (AvgIpc) is 2.88. The molecule has 3 aromatic rings. The first-order valence-electron chi connectivity index (χ1n) is 13.0. The molecule has 37 heavy (non-hydrogen) atoms. The number of hydrogen-bond acceptors (Lipinski definition) is 5. The third-order valence-corrected chi connectivity index (χ3v) is 6.62. The Balaban J connectivity index is 1.45. The molecule has 0 heterocycles. The van der Waals surface area contributed by atoms with Gasteiger partial charge < -0.3 is 14.2 Å². The summed E-state index contributed by atoms with van der Waals surface area (Å²) >= 11 is 0. The van der Waals surface area contributed by atoms with Gasteiger partial charge >= 0.3 is 5.97 Å². The Morgan fingerprint density at radius 3 is 1.95 bits per heavy atom. The number of aryl methyl sites for hydroxylation is 1. The van der Waals surface area contributed by atoms with E-state index in [0.29, 0.717) is 28.4 Å². The van der Waals surface area contributed by atoms with Gasteiger partial charge in [-0.3, -0.25) is 9.69 Å². The smallest absolute Gasteiger partial charge is 0.340 e. The summed E-state index contributed by atoms with van der Waals surface area (Å²) in [5.41, 5.74) is 2.33. The number of anilines is 2. The third kappa shape index (κ3) is 6.91. The van der Waals surface area contributed by atoms with Gasteiger partial charge in [0.15, 0.2) is 0 Å². The van der Waals surface area contributed by atoms with Gasteiger partial charge in [-0.25, -0.2) is 4.79 Å². The van der Waals surface area contributed by atoms with Crippen molar-refractivity contribution in [3.8, 4) is 17.2 Å². The molecule has 0 saturated heterocycles. The molecule has 1 aliphatic rings. The van der Waals surface area contributed by atoms with E-state index in [2.05, 4.69) is 0 Å². The van der Waals surface area contributed by atoms with Crippen molar-refractivity contribution in [3.05, 3.63) is 77.9 Å². The van der Waals surface area contributed by atoms with Gasteiger partial charge in [0.25, 0.3) is 0 Å². The zero-order chi connectivity index (χ0) is 26.2. The van der Waals surface area contributed by atoms with Crippen LogP contribution in [0.5, 0.6) is 17.2 Å². The average molecular weight is 502 g/mol. The minimum absolute atomic E-state index is 0.220. The van der Waals surface area contributed by atoms with Gasteiger partial charge in [-0.15, -0.1) is 0 Å². The van der Waals surface area contributed by atoms with Gasteiger partial charge in [-0.2, -0.15) is 0 Å². The number of carbonyl (C=O) groups excluding carboxylic acids is 2. The number of benzene rings is 3. The van der Waals surface area contributed by atoms with E-state index in [0.717, 1.165) is 24.2 Å². The van der Waals surface area contributed by atoms with E-state index in [-0.39, 0.29) is 12.0 Å². The summed E-state index contributed by atoms with van der Waals surface area (Å²) in [5.74, 6) is 1.49. The third-order valence-electron chi connectivity index (χ3n) is 6.62. The van der Waals surface area contributed by atoms with Crippen LogP contribution in [0.25, 0.3) is 0 Å². The first-order valence-corrected chi connectivity index (χ1v) is 13.0. The van der Waals surface area contributed by atoms with Crippen molar-refractivity contribution in [1.29, 1.82) is 0 Å². The van der Waals surface area contributed by atoms with Gasteiger partial charge in [-0.1, -0.05) is 30.9 Å². The highest BCUT2D eigenvalue weighted by Crippen LogP contribution is 2.33. The standard InChI is InChI=1S/C31H35NO5/c1-22-11-20-30(29(21-22)31(34)35-3)32(23(2)33)24-12-14-26(15-13-24)37-28-18-16-27(17-19-28)36-25-9-7-5-4-6-8-10-25/h11-21,25H,4-10H2,1-3H3. The van der Waals surface area contributed by atoms with E-state index in [4.69, 9.17) is 14.2 Å². The zero-order valence-corrected chi connectivity index (χ0v) is 21.9. The fourth-order valence-electron chi connectivity index (χ4n) is 4.72. The van der Waals surface area contributed by atoms with Crippen LogP contribution in [0.2, 0.25) is 0 Å². The summed E-state index contributed by atoms with van der Waals surface area (Å²) in [4.78, 5) is 26.5. The second-order valence-electron chi connectivity index (χ2n) is 9.52. The number of carbonyl (C=O) groups is 2. The molecule has 4 rings (SSSR count). The molecular formula is C31H35NO5. The van der Waals surface area contributed by atoms with Gasteiger partial charge in [-0.05, 0) is 93.3 Å². The molecule has 0 radical (unpaired) electrons. The summed E-state index contributed by atoms with van der Waals surface area (Å²) in [6.45, 7) is 3.35. The second kappa shape index (κ2) is 12.4. The van der Waals surface area contributed by atoms with Crippen LogP contribution in [-0.2, 0) is 9.53 Å². The van der Waals surface area contributed by atoms with Crippen LogP contribution in [0.3, 0.4) is 0 Å². The number of hydrogen-bond donors (Lipinski definition) is 0. The first-order chi connectivity index (χ1) is 17.9. The number of esters is 1. The van der Waals surface area contributed by atoms with Gasteiger partial charge in [0.2, 0.25) is 5.91 Å². The van der Waals surface area contributed by atoms with Crippen LogP contribution in [-0.4, -0.2) is 25.1 Å². The summed E-state index contributed by atoms with van der Waals surface area (Å²) in [6, 6.07) is 20.2. The number of nitrogens with zero attached hydrogens (tertiary/aromatic N) is 1. The highest BCUT2D eigenvalue weighted by atomic mass is 16.5. The summed E-state index contributed by atoms with van der Waals surface area (Å²) < 4.78 is 17.2. The van der Waals surface area contributed by atoms with Gasteiger partial charge in [0, 0.05) is 12.6 Å². The molecule has 1 saturated carbocycles. The number of amides is 1. The largest absolute Gasteiger partial charge is 0.490 e. The molecule has 0 bridgehead atoms. The van der Waals surface area contributed by atoms with E-state index in [9.17, 15) is 9.59 Å². The molecule has 1 aliphatic carbocycles. The molecule has 1 amide bonds. The van der Waals surface area contributed by atoms with E-state index >= 15 is 0 Å². The van der Waals surface area contributed by atoms with Crippen LogP contribution in [0.15, 0.2) is 66.7 Å². The lowest BCUT2D eigenvalue weighted by Crippen LogP contribution is -2.25. The first kappa shape index (κ1) is 26.3. The highest BCUT2D eigenvalue weighted by Gasteiger charge is 2.22.